The summed E-state index contributed by atoms with van der Waals surface area (Å²) < 4.78 is 7.35. The van der Waals surface area contributed by atoms with Crippen LogP contribution in [0.3, 0.4) is 0 Å². The van der Waals surface area contributed by atoms with Crippen LogP contribution in [0.25, 0.3) is 5.69 Å². The van der Waals surface area contributed by atoms with Crippen molar-refractivity contribution < 1.29 is 9.53 Å². The highest BCUT2D eigenvalue weighted by Crippen LogP contribution is 2.27. The van der Waals surface area contributed by atoms with E-state index in [1.807, 2.05) is 37.3 Å². The zero-order valence-electron chi connectivity index (χ0n) is 20.0. The number of carbonyl (C=O) groups is 1. The highest BCUT2D eigenvalue weighted by Gasteiger charge is 2.27. The van der Waals surface area contributed by atoms with Gasteiger partial charge in [0.05, 0.1) is 30.7 Å². The lowest BCUT2D eigenvalue weighted by Crippen LogP contribution is -2.40. The van der Waals surface area contributed by atoms with Crippen LogP contribution in [-0.2, 0) is 26.1 Å². The summed E-state index contributed by atoms with van der Waals surface area (Å²) in [6.07, 6.45) is 2.59. The molecule has 1 aromatic heterocycles. The van der Waals surface area contributed by atoms with E-state index < -0.39 is 0 Å². The van der Waals surface area contributed by atoms with Gasteiger partial charge in [-0.2, -0.15) is 5.10 Å². The van der Waals surface area contributed by atoms with Gasteiger partial charge in [0.2, 0.25) is 0 Å². The van der Waals surface area contributed by atoms with Crippen molar-refractivity contribution in [1.29, 1.82) is 0 Å². The van der Waals surface area contributed by atoms with Gasteiger partial charge in [-0.25, -0.2) is 9.48 Å². The number of hydrogen-bond donors (Lipinski definition) is 1. The summed E-state index contributed by atoms with van der Waals surface area (Å²) in [5, 5.41) is 7.89. The van der Waals surface area contributed by atoms with E-state index in [2.05, 4.69) is 45.7 Å². The molecule has 34 heavy (non-hydrogen) atoms. The summed E-state index contributed by atoms with van der Waals surface area (Å²) in [4.78, 5) is 16.9. The Balaban J connectivity index is 1.60. The molecule has 0 saturated carbocycles. The highest BCUT2D eigenvalue weighted by atomic mass is 16.5. The Bertz CT molecular complexity index is 1110. The predicted molar refractivity (Wildman–Crippen MR) is 134 cm³/mol. The Hall–Kier alpha value is -3.58. The Labute approximate surface area is 201 Å². The predicted octanol–water partition coefficient (Wildman–Crippen LogP) is 4.16. The van der Waals surface area contributed by atoms with E-state index in [-0.39, 0.29) is 6.03 Å². The van der Waals surface area contributed by atoms with E-state index in [0.29, 0.717) is 19.6 Å². The second kappa shape index (κ2) is 11.0. The maximum absolute atomic E-state index is 12.7. The molecule has 178 valence electrons. The Morgan fingerprint density at radius 2 is 1.97 bits per heavy atom. The molecule has 3 aromatic rings. The van der Waals surface area contributed by atoms with Crippen LogP contribution in [0.1, 0.15) is 29.4 Å². The molecule has 2 amide bonds. The molecule has 0 spiro atoms. The number of amides is 2. The molecule has 7 nitrogen and oxygen atoms in total. The van der Waals surface area contributed by atoms with Gasteiger partial charge in [0.15, 0.2) is 0 Å². The molecule has 0 fully saturated rings. The van der Waals surface area contributed by atoms with Crippen molar-refractivity contribution in [3.8, 4) is 11.4 Å². The van der Waals surface area contributed by atoms with Gasteiger partial charge in [0.1, 0.15) is 5.75 Å². The summed E-state index contributed by atoms with van der Waals surface area (Å²) in [6.45, 7) is 9.81. The zero-order chi connectivity index (χ0) is 23.9. The number of ether oxygens (including phenoxy) is 1. The third-order valence-corrected chi connectivity index (χ3v) is 6.19. The minimum Gasteiger partial charge on any atom is -0.497 e. The molecular weight excluding hydrogens is 426 g/mol. The molecule has 2 aromatic carbocycles. The fourth-order valence-corrected chi connectivity index (χ4v) is 4.36. The first-order chi connectivity index (χ1) is 16.6. The van der Waals surface area contributed by atoms with Gasteiger partial charge in [0.25, 0.3) is 0 Å². The monoisotopic (exact) mass is 459 g/mol. The topological polar surface area (TPSA) is 62.6 Å². The van der Waals surface area contributed by atoms with E-state index in [9.17, 15) is 4.79 Å². The molecule has 0 unspecified atom stereocenters. The molecular formula is C27H33N5O2. The minimum atomic E-state index is -0.101. The van der Waals surface area contributed by atoms with Gasteiger partial charge in [-0.1, -0.05) is 36.4 Å². The van der Waals surface area contributed by atoms with Crippen molar-refractivity contribution >= 4 is 6.03 Å². The summed E-state index contributed by atoms with van der Waals surface area (Å²) in [7, 11) is 1.68. The molecule has 1 aliphatic heterocycles. The number of aromatic nitrogens is 2. The second-order valence-corrected chi connectivity index (χ2v) is 8.42. The van der Waals surface area contributed by atoms with Crippen molar-refractivity contribution in [2.24, 2.45) is 0 Å². The van der Waals surface area contributed by atoms with Crippen LogP contribution < -0.4 is 10.1 Å². The number of para-hydroxylation sites is 1. The van der Waals surface area contributed by atoms with Gasteiger partial charge in [0, 0.05) is 44.7 Å². The molecule has 0 saturated heterocycles. The second-order valence-electron chi connectivity index (χ2n) is 8.42. The van der Waals surface area contributed by atoms with E-state index in [4.69, 9.17) is 9.84 Å². The first kappa shape index (κ1) is 23.6. The number of methoxy groups -OCH3 is 1. The van der Waals surface area contributed by atoms with E-state index in [0.717, 1.165) is 43.2 Å². The number of fused-ring (bicyclic) bond motifs is 1. The van der Waals surface area contributed by atoms with Crippen LogP contribution in [0, 0.1) is 0 Å². The lowest BCUT2D eigenvalue weighted by molar-refractivity contribution is 0.197. The van der Waals surface area contributed by atoms with Crippen LogP contribution in [0.4, 0.5) is 4.79 Å². The molecule has 2 heterocycles. The van der Waals surface area contributed by atoms with Gasteiger partial charge in [-0.15, -0.1) is 6.58 Å². The number of benzene rings is 2. The third-order valence-electron chi connectivity index (χ3n) is 6.19. The van der Waals surface area contributed by atoms with Crippen molar-refractivity contribution in [2.75, 3.05) is 26.7 Å². The standard InChI is InChI=1S/C27H33N5O2/c1-4-16-28-27(33)31(5-2)20-25-24-19-30(18-21-11-13-23(34-3)14-12-21)17-15-26(24)32(29-25)22-9-7-6-8-10-22/h4,6-14H,1,5,15-20H2,2-3H3,(H,28,33). The highest BCUT2D eigenvalue weighted by molar-refractivity contribution is 5.74. The molecule has 0 bridgehead atoms. The normalized spacial score (nSPS) is 13.2. The van der Waals surface area contributed by atoms with Crippen molar-refractivity contribution in [2.45, 2.75) is 33.0 Å². The lowest BCUT2D eigenvalue weighted by Gasteiger charge is -2.28. The average molecular weight is 460 g/mol. The Morgan fingerprint density at radius 3 is 2.65 bits per heavy atom. The number of hydrogen-bond acceptors (Lipinski definition) is 4. The number of carbonyl (C=O) groups excluding carboxylic acids is 1. The van der Waals surface area contributed by atoms with Gasteiger partial charge >= 0.3 is 6.03 Å². The summed E-state index contributed by atoms with van der Waals surface area (Å²) in [5.74, 6) is 0.866. The average Bonchev–Trinajstić information content (AvgIpc) is 3.24. The number of rotatable bonds is 9. The number of urea groups is 1. The summed E-state index contributed by atoms with van der Waals surface area (Å²) in [6, 6.07) is 18.4. The van der Waals surface area contributed by atoms with E-state index in [1.54, 1.807) is 18.1 Å². The SMILES string of the molecule is C=CCNC(=O)N(CC)Cc1nn(-c2ccccc2)c2c1CN(Cc1ccc(OC)cc1)CC2. The molecule has 0 aliphatic carbocycles. The lowest BCUT2D eigenvalue weighted by atomic mass is 10.0. The summed E-state index contributed by atoms with van der Waals surface area (Å²) in [5.41, 5.74) is 5.70. The van der Waals surface area contributed by atoms with Crippen molar-refractivity contribution in [1.82, 2.24) is 24.9 Å². The number of nitrogens with zero attached hydrogens (tertiary/aromatic N) is 4. The molecule has 0 radical (unpaired) electrons. The molecule has 1 N–H and O–H groups in total. The quantitative estimate of drug-likeness (QED) is 0.488. The first-order valence-electron chi connectivity index (χ1n) is 11.8. The molecule has 7 heteroatoms. The number of nitrogens with one attached hydrogen (secondary N) is 1. The minimum absolute atomic E-state index is 0.101. The van der Waals surface area contributed by atoms with Crippen molar-refractivity contribution in [3.05, 3.63) is 89.8 Å². The molecule has 0 atom stereocenters. The van der Waals surface area contributed by atoms with Gasteiger partial charge < -0.3 is 15.0 Å². The first-order valence-corrected chi connectivity index (χ1v) is 11.8. The van der Waals surface area contributed by atoms with E-state index >= 15 is 0 Å². The van der Waals surface area contributed by atoms with Gasteiger partial charge in [-0.3, -0.25) is 4.90 Å². The Morgan fingerprint density at radius 1 is 1.21 bits per heavy atom. The zero-order valence-corrected chi connectivity index (χ0v) is 20.0. The maximum atomic E-state index is 12.7. The smallest absolute Gasteiger partial charge is 0.317 e. The van der Waals surface area contributed by atoms with Crippen LogP contribution in [0.15, 0.2) is 67.3 Å². The Kier molecular flexibility index (Phi) is 7.65. The van der Waals surface area contributed by atoms with Gasteiger partial charge in [-0.05, 0) is 36.8 Å². The van der Waals surface area contributed by atoms with E-state index in [1.165, 1.54) is 16.8 Å². The summed E-state index contributed by atoms with van der Waals surface area (Å²) >= 11 is 0. The maximum Gasteiger partial charge on any atom is 0.317 e. The van der Waals surface area contributed by atoms with Crippen molar-refractivity contribution in [3.63, 3.8) is 0 Å². The largest absolute Gasteiger partial charge is 0.497 e. The van der Waals surface area contributed by atoms with Crippen LogP contribution >= 0.6 is 0 Å². The van der Waals surface area contributed by atoms with Crippen LogP contribution in [-0.4, -0.2) is 52.4 Å². The fourth-order valence-electron chi connectivity index (χ4n) is 4.36. The third kappa shape index (κ3) is 5.31. The molecule has 1 aliphatic rings. The fraction of sp³-hybridized carbons (Fsp3) is 0.333. The van der Waals surface area contributed by atoms with Crippen LogP contribution in [0.5, 0.6) is 5.75 Å². The molecule has 4 rings (SSSR count). The van der Waals surface area contributed by atoms with Crippen LogP contribution in [0.2, 0.25) is 0 Å².